The molecule has 18 heavy (non-hydrogen) atoms. The summed E-state index contributed by atoms with van der Waals surface area (Å²) < 4.78 is 10.3. The van der Waals surface area contributed by atoms with Gasteiger partial charge in [-0.25, -0.2) is 4.79 Å². The molecule has 0 spiro atoms. The van der Waals surface area contributed by atoms with E-state index in [1.165, 1.54) is 6.07 Å². The Balaban J connectivity index is 2.07. The largest absolute Gasteiger partial charge is 0.423 e. The summed E-state index contributed by atoms with van der Waals surface area (Å²) in [6.45, 7) is 0.0193. The van der Waals surface area contributed by atoms with Crippen molar-refractivity contribution < 1.29 is 19.4 Å². The van der Waals surface area contributed by atoms with Gasteiger partial charge in [0.1, 0.15) is 11.7 Å². The Morgan fingerprint density at radius 2 is 2.06 bits per heavy atom. The molecule has 0 saturated carbocycles. The van der Waals surface area contributed by atoms with Gasteiger partial charge in [0.15, 0.2) is 0 Å². The minimum absolute atomic E-state index is 0.0628. The van der Waals surface area contributed by atoms with E-state index in [9.17, 15) is 4.79 Å². The quantitative estimate of drug-likeness (QED) is 0.762. The van der Waals surface area contributed by atoms with Crippen LogP contribution in [0.25, 0.3) is 11.0 Å². The van der Waals surface area contributed by atoms with E-state index in [0.29, 0.717) is 5.58 Å². The van der Waals surface area contributed by atoms with Gasteiger partial charge in [-0.2, -0.15) is 0 Å². The second kappa shape index (κ2) is 5.77. The van der Waals surface area contributed by atoms with Crippen LogP contribution in [0, 0.1) is 0 Å². The zero-order valence-electron chi connectivity index (χ0n) is 9.70. The topological polar surface area (TPSA) is 79.9 Å². The van der Waals surface area contributed by atoms with Gasteiger partial charge in [0.05, 0.1) is 19.8 Å². The van der Waals surface area contributed by atoms with Crippen LogP contribution in [0.2, 0.25) is 0 Å². The van der Waals surface area contributed by atoms with Crippen LogP contribution in [0.15, 0.2) is 39.5 Å². The molecule has 1 heterocycles. The second-order valence-electron chi connectivity index (χ2n) is 3.98. The minimum Gasteiger partial charge on any atom is -0.423 e. The number of benzene rings is 1. The number of aliphatic hydroxyl groups excluding tert-OH is 2. The summed E-state index contributed by atoms with van der Waals surface area (Å²) in [5.41, 5.74) is 0.949. The van der Waals surface area contributed by atoms with E-state index >= 15 is 0 Å². The summed E-state index contributed by atoms with van der Waals surface area (Å²) in [6, 6.07) is 8.48. The second-order valence-corrected chi connectivity index (χ2v) is 3.98. The third kappa shape index (κ3) is 3.16. The molecule has 0 radical (unpaired) electrons. The first-order chi connectivity index (χ1) is 8.69. The van der Waals surface area contributed by atoms with Crippen LogP contribution in [-0.4, -0.2) is 29.5 Å². The molecule has 2 N–H and O–H groups in total. The fraction of sp³-hybridized carbons (Fsp3) is 0.308. The molecule has 2 rings (SSSR count). The smallest absolute Gasteiger partial charge is 0.336 e. The van der Waals surface area contributed by atoms with Gasteiger partial charge in [-0.3, -0.25) is 0 Å². The minimum atomic E-state index is -0.872. The molecule has 96 valence electrons. The third-order valence-corrected chi connectivity index (χ3v) is 2.48. The van der Waals surface area contributed by atoms with Crippen molar-refractivity contribution in [2.45, 2.75) is 12.7 Å². The van der Waals surface area contributed by atoms with Crippen LogP contribution in [0.4, 0.5) is 0 Å². The highest BCUT2D eigenvalue weighted by atomic mass is 16.5. The number of hydrogen-bond acceptors (Lipinski definition) is 5. The first-order valence-electron chi connectivity index (χ1n) is 5.58. The Bertz CT molecular complexity index is 575. The van der Waals surface area contributed by atoms with Crippen LogP contribution >= 0.6 is 0 Å². The number of aliphatic hydroxyl groups is 2. The molecule has 1 atom stereocenters. The van der Waals surface area contributed by atoms with Crippen LogP contribution in [0.3, 0.4) is 0 Å². The lowest BCUT2D eigenvalue weighted by molar-refractivity contribution is 0.0000362. The van der Waals surface area contributed by atoms with Crippen LogP contribution in [0.5, 0.6) is 0 Å². The zero-order valence-corrected chi connectivity index (χ0v) is 9.70. The highest BCUT2D eigenvalue weighted by molar-refractivity contribution is 5.76. The van der Waals surface area contributed by atoms with E-state index in [-0.39, 0.29) is 19.8 Å². The molecule has 0 aliphatic carbocycles. The Morgan fingerprint density at radius 1 is 1.28 bits per heavy atom. The van der Waals surface area contributed by atoms with Gasteiger partial charge in [-0.05, 0) is 17.7 Å². The Labute approximate surface area is 103 Å². The van der Waals surface area contributed by atoms with E-state index in [4.69, 9.17) is 19.4 Å². The summed E-state index contributed by atoms with van der Waals surface area (Å²) >= 11 is 0. The highest BCUT2D eigenvalue weighted by Crippen LogP contribution is 2.14. The summed E-state index contributed by atoms with van der Waals surface area (Å²) in [6.07, 6.45) is -0.872. The summed E-state index contributed by atoms with van der Waals surface area (Å²) in [7, 11) is 0. The SMILES string of the molecule is O=c1ccc2ccc(COCC(O)CO)cc2o1. The Morgan fingerprint density at radius 3 is 2.83 bits per heavy atom. The van der Waals surface area contributed by atoms with Crippen molar-refractivity contribution in [1.29, 1.82) is 0 Å². The molecule has 0 aliphatic rings. The Hall–Kier alpha value is -1.69. The van der Waals surface area contributed by atoms with Gasteiger partial charge in [0.2, 0.25) is 0 Å². The molecule has 1 aromatic carbocycles. The van der Waals surface area contributed by atoms with Gasteiger partial charge in [0, 0.05) is 11.5 Å². The van der Waals surface area contributed by atoms with Gasteiger partial charge < -0.3 is 19.4 Å². The van der Waals surface area contributed by atoms with Crippen molar-refractivity contribution in [3.05, 3.63) is 46.3 Å². The molecule has 1 unspecified atom stereocenters. The first-order valence-corrected chi connectivity index (χ1v) is 5.58. The lowest BCUT2D eigenvalue weighted by Gasteiger charge is -2.08. The molecule has 2 aromatic rings. The molecule has 0 saturated heterocycles. The van der Waals surface area contributed by atoms with Gasteiger partial charge in [0.25, 0.3) is 0 Å². The number of ether oxygens (including phenoxy) is 1. The van der Waals surface area contributed by atoms with E-state index in [0.717, 1.165) is 10.9 Å². The lowest BCUT2D eigenvalue weighted by atomic mass is 10.1. The molecule has 0 bridgehead atoms. The number of hydrogen-bond donors (Lipinski definition) is 2. The standard InChI is InChI=1S/C13H14O5/c14-6-11(15)8-17-7-9-1-2-10-3-4-13(16)18-12(10)5-9/h1-5,11,14-15H,6-8H2. The zero-order chi connectivity index (χ0) is 13.0. The van der Waals surface area contributed by atoms with Crippen molar-refractivity contribution in [2.24, 2.45) is 0 Å². The van der Waals surface area contributed by atoms with Gasteiger partial charge >= 0.3 is 5.63 Å². The molecule has 5 heteroatoms. The average Bonchev–Trinajstić information content (AvgIpc) is 2.38. The summed E-state index contributed by atoms with van der Waals surface area (Å²) in [4.78, 5) is 11.1. The maximum Gasteiger partial charge on any atom is 0.336 e. The molecule has 1 aromatic heterocycles. The fourth-order valence-corrected chi connectivity index (χ4v) is 1.56. The molecular formula is C13H14O5. The first kappa shape index (κ1) is 12.8. The molecular weight excluding hydrogens is 236 g/mol. The van der Waals surface area contributed by atoms with Gasteiger partial charge in [-0.1, -0.05) is 12.1 Å². The fourth-order valence-electron chi connectivity index (χ4n) is 1.56. The molecule has 5 nitrogen and oxygen atoms in total. The van der Waals surface area contributed by atoms with Gasteiger partial charge in [-0.15, -0.1) is 0 Å². The predicted molar refractivity (Wildman–Crippen MR) is 65.2 cm³/mol. The van der Waals surface area contributed by atoms with Crippen molar-refractivity contribution in [1.82, 2.24) is 0 Å². The molecule has 0 amide bonds. The predicted octanol–water partition coefficient (Wildman–Crippen LogP) is 0.663. The van der Waals surface area contributed by atoms with Crippen molar-refractivity contribution in [3.63, 3.8) is 0 Å². The maximum absolute atomic E-state index is 11.1. The van der Waals surface area contributed by atoms with Crippen LogP contribution in [0.1, 0.15) is 5.56 Å². The summed E-state index contributed by atoms with van der Waals surface area (Å²) in [5.74, 6) is 0. The van der Waals surface area contributed by atoms with E-state index in [1.807, 2.05) is 12.1 Å². The number of rotatable bonds is 5. The molecule has 0 fully saturated rings. The highest BCUT2D eigenvalue weighted by Gasteiger charge is 2.03. The van der Waals surface area contributed by atoms with Crippen molar-refractivity contribution >= 4 is 11.0 Å². The van der Waals surface area contributed by atoms with E-state index in [1.54, 1.807) is 12.1 Å². The van der Waals surface area contributed by atoms with Crippen molar-refractivity contribution in [2.75, 3.05) is 13.2 Å². The number of fused-ring (bicyclic) bond motifs is 1. The average molecular weight is 250 g/mol. The van der Waals surface area contributed by atoms with Crippen LogP contribution in [-0.2, 0) is 11.3 Å². The monoisotopic (exact) mass is 250 g/mol. The Kier molecular flexibility index (Phi) is 4.09. The third-order valence-electron chi connectivity index (χ3n) is 2.48. The van der Waals surface area contributed by atoms with E-state index < -0.39 is 11.7 Å². The lowest BCUT2D eigenvalue weighted by Crippen LogP contribution is -2.19. The van der Waals surface area contributed by atoms with Crippen molar-refractivity contribution in [3.8, 4) is 0 Å². The summed E-state index contributed by atoms with van der Waals surface area (Å²) in [5, 5.41) is 18.6. The van der Waals surface area contributed by atoms with E-state index in [2.05, 4.69) is 0 Å². The van der Waals surface area contributed by atoms with Crippen LogP contribution < -0.4 is 5.63 Å². The molecule has 0 aliphatic heterocycles. The normalized spacial score (nSPS) is 12.8. The maximum atomic E-state index is 11.1.